The third-order valence-corrected chi connectivity index (χ3v) is 7.25. The number of carbonyl (C=O) groups excluding carboxylic acids is 1. The molecule has 4 rings (SSSR count). The average molecular weight is 602 g/mol. The van der Waals surface area contributed by atoms with Gasteiger partial charge >= 0.3 is 5.97 Å². The molecule has 0 aliphatic heterocycles. The Morgan fingerprint density at radius 2 is 1.79 bits per heavy atom. The Morgan fingerprint density at radius 3 is 2.47 bits per heavy atom. The number of esters is 1. The van der Waals surface area contributed by atoms with Crippen LogP contribution in [0.25, 0.3) is 11.0 Å². The van der Waals surface area contributed by atoms with Gasteiger partial charge in [0.2, 0.25) is 5.71 Å². The molecule has 0 spiro atoms. The minimum Gasteiger partial charge on any atom is -0.495 e. The molecule has 4 aromatic rings. The van der Waals surface area contributed by atoms with Crippen molar-refractivity contribution in [3.63, 3.8) is 0 Å². The standard InChI is InChI=1S/C25H24BrN5O6S/c1-4-37-20-11-10-16(13-17(20)26)31-38(33,34)22-14-15(9-12-21(22)35-2)29-30-23(25(32)36-3)24-27-18-7-5-6-8-19(18)28-24/h5-14,29,31H,4H2,1-3H3,(H,27,28)/b30-23-. The molecule has 198 valence electrons. The van der Waals surface area contributed by atoms with E-state index < -0.39 is 16.0 Å². The molecule has 0 fully saturated rings. The molecule has 3 N–H and O–H groups in total. The summed E-state index contributed by atoms with van der Waals surface area (Å²) in [7, 11) is -1.49. The van der Waals surface area contributed by atoms with E-state index in [1.165, 1.54) is 26.4 Å². The number of methoxy groups -OCH3 is 2. The summed E-state index contributed by atoms with van der Waals surface area (Å²) < 4.78 is 45.3. The second kappa shape index (κ2) is 11.5. The highest BCUT2D eigenvalue weighted by molar-refractivity contribution is 9.10. The first-order chi connectivity index (χ1) is 18.2. The van der Waals surface area contributed by atoms with Gasteiger partial charge in [0, 0.05) is 0 Å². The summed E-state index contributed by atoms with van der Waals surface area (Å²) in [6.07, 6.45) is 0. The van der Waals surface area contributed by atoms with Crippen molar-refractivity contribution in [2.45, 2.75) is 11.8 Å². The van der Waals surface area contributed by atoms with Crippen molar-refractivity contribution in [1.29, 1.82) is 0 Å². The summed E-state index contributed by atoms with van der Waals surface area (Å²) in [4.78, 5) is 19.7. The Hall–Kier alpha value is -4.10. The first kappa shape index (κ1) is 26.9. The van der Waals surface area contributed by atoms with Crippen LogP contribution >= 0.6 is 15.9 Å². The van der Waals surface area contributed by atoms with Gasteiger partial charge in [-0.2, -0.15) is 5.10 Å². The minimum atomic E-state index is -4.08. The third kappa shape index (κ3) is 5.89. The zero-order chi connectivity index (χ0) is 27.3. The highest BCUT2D eigenvalue weighted by atomic mass is 79.9. The molecule has 0 aliphatic carbocycles. The van der Waals surface area contributed by atoms with Crippen LogP contribution in [-0.4, -0.2) is 50.9 Å². The smallest absolute Gasteiger partial charge is 0.362 e. The van der Waals surface area contributed by atoms with Gasteiger partial charge in [0.25, 0.3) is 10.0 Å². The van der Waals surface area contributed by atoms with E-state index in [1.807, 2.05) is 25.1 Å². The minimum absolute atomic E-state index is 0.113. The molecule has 0 radical (unpaired) electrons. The van der Waals surface area contributed by atoms with E-state index in [4.69, 9.17) is 14.2 Å². The van der Waals surface area contributed by atoms with Gasteiger partial charge in [-0.1, -0.05) is 12.1 Å². The quantitative estimate of drug-likeness (QED) is 0.137. The van der Waals surface area contributed by atoms with Crippen LogP contribution in [0.5, 0.6) is 11.5 Å². The number of aromatic nitrogens is 2. The fraction of sp³-hybridized carbons (Fsp3) is 0.160. The molecule has 0 saturated heterocycles. The van der Waals surface area contributed by atoms with E-state index in [0.29, 0.717) is 33.5 Å². The number of rotatable bonds is 10. The number of nitrogens with zero attached hydrogens (tertiary/aromatic N) is 2. The fourth-order valence-corrected chi connectivity index (χ4v) is 5.22. The average Bonchev–Trinajstić information content (AvgIpc) is 3.34. The highest BCUT2D eigenvalue weighted by Crippen LogP contribution is 2.32. The maximum atomic E-state index is 13.3. The molecule has 38 heavy (non-hydrogen) atoms. The molecule has 0 unspecified atom stereocenters. The Labute approximate surface area is 227 Å². The van der Waals surface area contributed by atoms with Crippen LogP contribution in [0.2, 0.25) is 0 Å². The molecular formula is C25H24BrN5O6S. The number of hydrogen-bond acceptors (Lipinski definition) is 9. The second-order valence-electron chi connectivity index (χ2n) is 7.72. The van der Waals surface area contributed by atoms with Gasteiger partial charge in [-0.25, -0.2) is 18.2 Å². The van der Waals surface area contributed by atoms with Gasteiger partial charge in [0.05, 0.1) is 47.7 Å². The summed E-state index contributed by atoms with van der Waals surface area (Å²) in [6, 6.07) is 16.4. The lowest BCUT2D eigenvalue weighted by atomic mass is 10.3. The monoisotopic (exact) mass is 601 g/mol. The van der Waals surface area contributed by atoms with Gasteiger partial charge in [-0.05, 0) is 71.4 Å². The topological polar surface area (TPSA) is 144 Å². The van der Waals surface area contributed by atoms with Crippen LogP contribution in [0.1, 0.15) is 12.7 Å². The third-order valence-electron chi connectivity index (χ3n) is 5.23. The van der Waals surface area contributed by atoms with E-state index in [9.17, 15) is 13.2 Å². The Balaban J connectivity index is 1.64. The van der Waals surface area contributed by atoms with Crippen LogP contribution in [0.4, 0.5) is 11.4 Å². The molecule has 0 bridgehead atoms. The number of benzene rings is 3. The Kier molecular flexibility index (Phi) is 8.17. The Bertz CT molecular complexity index is 1590. The number of anilines is 2. The van der Waals surface area contributed by atoms with Crippen LogP contribution in [0.3, 0.4) is 0 Å². The van der Waals surface area contributed by atoms with Gasteiger partial charge < -0.3 is 19.2 Å². The molecular weight excluding hydrogens is 578 g/mol. The number of nitrogens with one attached hydrogen (secondary N) is 3. The first-order valence-corrected chi connectivity index (χ1v) is 13.5. The lowest BCUT2D eigenvalue weighted by molar-refractivity contribution is -0.132. The summed E-state index contributed by atoms with van der Waals surface area (Å²) in [6.45, 7) is 2.32. The summed E-state index contributed by atoms with van der Waals surface area (Å²) in [5.74, 6) is 0.153. The lowest BCUT2D eigenvalue weighted by Crippen LogP contribution is -2.20. The number of para-hydroxylation sites is 2. The maximum Gasteiger partial charge on any atom is 0.362 e. The zero-order valence-corrected chi connectivity index (χ0v) is 23.0. The number of aromatic amines is 1. The molecule has 0 saturated carbocycles. The summed E-state index contributed by atoms with van der Waals surface area (Å²) in [5, 5.41) is 4.15. The van der Waals surface area contributed by atoms with Crippen LogP contribution in [0, 0.1) is 0 Å². The van der Waals surface area contributed by atoms with Crippen LogP contribution in [0.15, 0.2) is 75.1 Å². The maximum absolute atomic E-state index is 13.3. The van der Waals surface area contributed by atoms with Crippen LogP contribution < -0.4 is 19.6 Å². The molecule has 0 aliphatic rings. The number of ether oxygens (including phenoxy) is 3. The zero-order valence-electron chi connectivity index (χ0n) is 20.6. The summed E-state index contributed by atoms with van der Waals surface area (Å²) in [5.41, 5.74) is 4.54. The number of H-pyrrole nitrogens is 1. The molecule has 0 amide bonds. The van der Waals surface area contributed by atoms with E-state index in [2.05, 4.69) is 41.1 Å². The van der Waals surface area contributed by atoms with Crippen molar-refractivity contribution >= 4 is 60.0 Å². The molecule has 11 nitrogen and oxygen atoms in total. The number of fused-ring (bicyclic) bond motifs is 1. The van der Waals surface area contributed by atoms with Crippen molar-refractivity contribution in [2.24, 2.45) is 5.10 Å². The molecule has 3 aromatic carbocycles. The molecule has 13 heteroatoms. The van der Waals surface area contributed by atoms with E-state index >= 15 is 0 Å². The van der Waals surface area contributed by atoms with Crippen molar-refractivity contribution in [2.75, 3.05) is 31.0 Å². The van der Waals surface area contributed by atoms with Crippen molar-refractivity contribution in [3.8, 4) is 11.5 Å². The van der Waals surface area contributed by atoms with Crippen molar-refractivity contribution in [3.05, 3.63) is 71.0 Å². The predicted molar refractivity (Wildman–Crippen MR) is 147 cm³/mol. The van der Waals surface area contributed by atoms with E-state index in [-0.39, 0.29) is 27.9 Å². The largest absolute Gasteiger partial charge is 0.495 e. The van der Waals surface area contributed by atoms with Gasteiger partial charge in [0.15, 0.2) is 5.82 Å². The van der Waals surface area contributed by atoms with Gasteiger partial charge in [-0.3, -0.25) is 10.1 Å². The Morgan fingerprint density at radius 1 is 1.05 bits per heavy atom. The van der Waals surface area contributed by atoms with E-state index in [1.54, 1.807) is 30.3 Å². The number of sulfonamides is 1. The number of carbonyl (C=O) groups is 1. The number of imidazole rings is 1. The predicted octanol–water partition coefficient (Wildman–Crippen LogP) is 4.52. The second-order valence-corrected chi connectivity index (χ2v) is 10.2. The first-order valence-electron chi connectivity index (χ1n) is 11.3. The van der Waals surface area contributed by atoms with Crippen molar-refractivity contribution < 1.29 is 27.4 Å². The van der Waals surface area contributed by atoms with Gasteiger partial charge in [0.1, 0.15) is 16.4 Å². The van der Waals surface area contributed by atoms with Crippen molar-refractivity contribution in [1.82, 2.24) is 9.97 Å². The normalized spacial score (nSPS) is 11.7. The fourth-order valence-electron chi connectivity index (χ4n) is 3.48. The SMILES string of the molecule is CCOc1ccc(NS(=O)(=O)c2cc(N/N=C(\C(=O)OC)c3nc4ccccc4[nH]3)ccc2OC)cc1Br. The number of halogens is 1. The van der Waals surface area contributed by atoms with Gasteiger partial charge in [-0.15, -0.1) is 0 Å². The number of hydrazone groups is 1. The number of hydrogen-bond donors (Lipinski definition) is 3. The van der Waals surface area contributed by atoms with Crippen LogP contribution in [-0.2, 0) is 19.6 Å². The summed E-state index contributed by atoms with van der Waals surface area (Å²) >= 11 is 3.38. The molecule has 1 heterocycles. The molecule has 1 aromatic heterocycles. The highest BCUT2D eigenvalue weighted by Gasteiger charge is 2.22. The molecule has 0 atom stereocenters. The van der Waals surface area contributed by atoms with E-state index in [0.717, 1.165) is 0 Å². The lowest BCUT2D eigenvalue weighted by Gasteiger charge is -2.14.